The zero-order valence-electron chi connectivity index (χ0n) is 20.5. The smallest absolute Gasteiger partial charge is 0.294 e. The first-order valence-corrected chi connectivity index (χ1v) is 12.2. The number of benzene rings is 3. The molecule has 0 radical (unpaired) electrons. The number of carbonyl (C=O) groups excluding carboxylic acids is 2. The SMILES string of the molecule is Cc1ccc(N2C(=O)C(O)=C(C(=O)CCc3ccccc3)C2c2ccc(C(C)(C)C)cc2)cc1Cl. The van der Waals surface area contributed by atoms with Gasteiger partial charge < -0.3 is 5.11 Å². The van der Waals surface area contributed by atoms with E-state index in [0.717, 1.165) is 22.3 Å². The normalized spacial score (nSPS) is 16.2. The Morgan fingerprint density at radius 3 is 2.26 bits per heavy atom. The van der Waals surface area contributed by atoms with Crippen molar-refractivity contribution in [3.8, 4) is 0 Å². The second-order valence-electron chi connectivity index (χ2n) is 10.1. The Bertz CT molecular complexity index is 1290. The maximum absolute atomic E-state index is 13.5. The summed E-state index contributed by atoms with van der Waals surface area (Å²) in [5, 5.41) is 11.4. The molecular weight excluding hydrogens is 458 g/mol. The lowest BCUT2D eigenvalue weighted by Gasteiger charge is -2.28. The van der Waals surface area contributed by atoms with Gasteiger partial charge in [0.15, 0.2) is 11.5 Å². The third-order valence-corrected chi connectivity index (χ3v) is 6.93. The van der Waals surface area contributed by atoms with E-state index in [0.29, 0.717) is 17.1 Å². The van der Waals surface area contributed by atoms with Crippen molar-refractivity contribution in [2.45, 2.75) is 52.0 Å². The largest absolute Gasteiger partial charge is 0.503 e. The van der Waals surface area contributed by atoms with E-state index in [-0.39, 0.29) is 23.2 Å². The quantitative estimate of drug-likeness (QED) is 0.405. The summed E-state index contributed by atoms with van der Waals surface area (Å²) in [6.45, 7) is 8.28. The number of rotatable bonds is 6. The number of amides is 1. The topological polar surface area (TPSA) is 57.6 Å². The van der Waals surface area contributed by atoms with Gasteiger partial charge in [-0.3, -0.25) is 14.5 Å². The lowest BCUT2D eigenvalue weighted by Crippen LogP contribution is -2.31. The van der Waals surface area contributed by atoms with Gasteiger partial charge in [-0.25, -0.2) is 0 Å². The van der Waals surface area contributed by atoms with Gasteiger partial charge in [0.25, 0.3) is 5.91 Å². The van der Waals surface area contributed by atoms with Crippen molar-refractivity contribution >= 4 is 29.0 Å². The first-order chi connectivity index (χ1) is 16.6. The molecule has 1 aliphatic rings. The summed E-state index contributed by atoms with van der Waals surface area (Å²) in [6.07, 6.45) is 0.715. The van der Waals surface area contributed by atoms with E-state index >= 15 is 0 Å². The van der Waals surface area contributed by atoms with Crippen molar-refractivity contribution < 1.29 is 14.7 Å². The predicted molar refractivity (Wildman–Crippen MR) is 141 cm³/mol. The van der Waals surface area contributed by atoms with Crippen molar-refractivity contribution in [1.82, 2.24) is 0 Å². The van der Waals surface area contributed by atoms with Gasteiger partial charge in [0, 0.05) is 17.1 Å². The molecule has 5 heteroatoms. The van der Waals surface area contributed by atoms with Crippen LogP contribution >= 0.6 is 11.6 Å². The van der Waals surface area contributed by atoms with E-state index in [1.165, 1.54) is 4.90 Å². The highest BCUT2D eigenvalue weighted by Gasteiger charge is 2.44. The second-order valence-corrected chi connectivity index (χ2v) is 10.5. The van der Waals surface area contributed by atoms with Crippen molar-refractivity contribution in [1.29, 1.82) is 0 Å². The van der Waals surface area contributed by atoms with Crippen LogP contribution in [0.15, 0.2) is 84.1 Å². The molecule has 0 aromatic heterocycles. The van der Waals surface area contributed by atoms with Gasteiger partial charge in [-0.05, 0) is 53.1 Å². The molecule has 1 aliphatic heterocycles. The molecule has 35 heavy (non-hydrogen) atoms. The Labute approximate surface area is 211 Å². The minimum absolute atomic E-state index is 0.0412. The minimum atomic E-state index is -0.737. The number of ketones is 1. The maximum Gasteiger partial charge on any atom is 0.294 e. The summed E-state index contributed by atoms with van der Waals surface area (Å²) >= 11 is 6.38. The monoisotopic (exact) mass is 487 g/mol. The van der Waals surface area contributed by atoms with Crippen LogP contribution in [0, 0.1) is 6.92 Å². The molecule has 0 aliphatic carbocycles. The summed E-state index contributed by atoms with van der Waals surface area (Å²) in [6, 6.07) is 22.2. The van der Waals surface area contributed by atoms with Crippen LogP contribution in [0.4, 0.5) is 5.69 Å². The number of halogens is 1. The number of aliphatic hydroxyl groups is 1. The molecule has 4 nitrogen and oxygen atoms in total. The van der Waals surface area contributed by atoms with Crippen LogP contribution in [0.1, 0.15) is 55.5 Å². The van der Waals surface area contributed by atoms with Gasteiger partial charge in [-0.1, -0.05) is 93.0 Å². The fourth-order valence-corrected chi connectivity index (χ4v) is 4.58. The molecule has 1 N–H and O–H groups in total. The molecule has 0 bridgehead atoms. The lowest BCUT2D eigenvalue weighted by molar-refractivity contribution is -0.118. The van der Waals surface area contributed by atoms with Gasteiger partial charge in [0.05, 0.1) is 11.6 Å². The standard InChI is InChI=1S/C30H30ClNO3/c1-19-10-16-23(18-24(19)31)32-27(21-12-14-22(15-13-21)30(2,3)4)26(28(34)29(32)35)25(33)17-11-20-8-6-5-7-9-20/h5-10,12-16,18,27,34H,11,17H2,1-4H3. The highest BCUT2D eigenvalue weighted by molar-refractivity contribution is 6.31. The first-order valence-electron chi connectivity index (χ1n) is 11.8. The highest BCUT2D eigenvalue weighted by Crippen LogP contribution is 2.42. The Balaban J connectivity index is 1.76. The van der Waals surface area contributed by atoms with Gasteiger partial charge in [0.2, 0.25) is 0 Å². The van der Waals surface area contributed by atoms with Gasteiger partial charge in [0.1, 0.15) is 0 Å². The second kappa shape index (κ2) is 9.71. The van der Waals surface area contributed by atoms with Crippen LogP contribution in [-0.2, 0) is 21.4 Å². The van der Waals surface area contributed by atoms with E-state index in [9.17, 15) is 14.7 Å². The fraction of sp³-hybridized carbons (Fsp3) is 0.267. The summed E-state index contributed by atoms with van der Waals surface area (Å²) < 4.78 is 0. The Morgan fingerprint density at radius 1 is 1.00 bits per heavy atom. The van der Waals surface area contributed by atoms with E-state index in [1.54, 1.807) is 12.1 Å². The molecule has 0 fully saturated rings. The number of carbonyl (C=O) groups is 2. The number of Topliss-reactive ketones (excluding diaryl/α,β-unsaturated/α-hetero) is 1. The van der Waals surface area contributed by atoms with Crippen molar-refractivity contribution in [3.63, 3.8) is 0 Å². The maximum atomic E-state index is 13.5. The molecule has 180 valence electrons. The van der Waals surface area contributed by atoms with Gasteiger partial charge in [-0.2, -0.15) is 0 Å². The number of hydrogen-bond donors (Lipinski definition) is 1. The summed E-state index contributed by atoms with van der Waals surface area (Å²) in [5.74, 6) is -1.34. The van der Waals surface area contributed by atoms with E-state index in [2.05, 4.69) is 20.8 Å². The first kappa shape index (κ1) is 24.7. The van der Waals surface area contributed by atoms with Gasteiger partial charge in [-0.15, -0.1) is 0 Å². The lowest BCUT2D eigenvalue weighted by atomic mass is 9.85. The van der Waals surface area contributed by atoms with Crippen molar-refractivity contribution in [2.24, 2.45) is 0 Å². The Hall–Kier alpha value is -3.37. The fourth-order valence-electron chi connectivity index (χ4n) is 4.41. The third-order valence-electron chi connectivity index (χ3n) is 6.52. The van der Waals surface area contributed by atoms with Crippen LogP contribution in [0.3, 0.4) is 0 Å². The zero-order valence-corrected chi connectivity index (χ0v) is 21.3. The average molecular weight is 488 g/mol. The van der Waals surface area contributed by atoms with Crippen molar-refractivity contribution in [3.05, 3.63) is 111 Å². The number of aliphatic hydroxyl groups excluding tert-OH is 1. The minimum Gasteiger partial charge on any atom is -0.503 e. The Morgan fingerprint density at radius 2 is 1.66 bits per heavy atom. The Kier molecular flexibility index (Phi) is 6.86. The molecule has 0 spiro atoms. The summed E-state index contributed by atoms with van der Waals surface area (Å²) in [5.41, 5.74) is 4.43. The summed E-state index contributed by atoms with van der Waals surface area (Å²) in [7, 11) is 0. The molecule has 3 aromatic rings. The molecule has 1 heterocycles. The molecular formula is C30H30ClNO3. The highest BCUT2D eigenvalue weighted by atomic mass is 35.5. The van der Waals surface area contributed by atoms with Crippen LogP contribution in [0.2, 0.25) is 5.02 Å². The van der Waals surface area contributed by atoms with Crippen LogP contribution in [0.25, 0.3) is 0 Å². The predicted octanol–water partition coefficient (Wildman–Crippen LogP) is 7.05. The molecule has 4 rings (SSSR count). The van der Waals surface area contributed by atoms with Crippen molar-refractivity contribution in [2.75, 3.05) is 4.90 Å². The zero-order chi connectivity index (χ0) is 25.3. The average Bonchev–Trinajstić information content (AvgIpc) is 3.10. The van der Waals surface area contributed by atoms with Crippen LogP contribution in [0.5, 0.6) is 0 Å². The molecule has 0 saturated carbocycles. The molecule has 1 amide bonds. The van der Waals surface area contributed by atoms with Gasteiger partial charge >= 0.3 is 0 Å². The third kappa shape index (κ3) is 5.03. The van der Waals surface area contributed by atoms with Crippen LogP contribution < -0.4 is 4.90 Å². The number of anilines is 1. The number of nitrogens with zero attached hydrogens (tertiary/aromatic N) is 1. The van der Waals surface area contributed by atoms with E-state index in [4.69, 9.17) is 11.6 Å². The number of hydrogen-bond acceptors (Lipinski definition) is 3. The molecule has 1 unspecified atom stereocenters. The van der Waals surface area contributed by atoms with E-state index in [1.807, 2.05) is 67.6 Å². The molecule has 0 saturated heterocycles. The summed E-state index contributed by atoms with van der Waals surface area (Å²) in [4.78, 5) is 28.3. The van der Waals surface area contributed by atoms with E-state index < -0.39 is 17.7 Å². The molecule has 3 aromatic carbocycles. The van der Waals surface area contributed by atoms with Crippen LogP contribution in [-0.4, -0.2) is 16.8 Å². The molecule has 1 atom stereocenters. The number of aryl methyl sites for hydroxylation is 2.